The second kappa shape index (κ2) is 6.53. The molecule has 2 heterocycles. The molecule has 0 radical (unpaired) electrons. The number of fused-ring (bicyclic) bond motifs is 1. The average molecular weight is 349 g/mol. The van der Waals surface area contributed by atoms with Gasteiger partial charge in [-0.15, -0.1) is 12.4 Å². The Bertz CT molecular complexity index is 719. The molecule has 21 heavy (non-hydrogen) atoms. The molecule has 1 aliphatic heterocycles. The Morgan fingerprint density at radius 1 is 1.38 bits per heavy atom. The first kappa shape index (κ1) is 16.6. The molecule has 2 N–H and O–H groups in total. The van der Waals surface area contributed by atoms with Crippen molar-refractivity contribution in [2.75, 3.05) is 13.1 Å². The molecule has 6 nitrogen and oxygen atoms in total. The van der Waals surface area contributed by atoms with E-state index in [0.29, 0.717) is 11.0 Å². The van der Waals surface area contributed by atoms with Gasteiger partial charge in [-0.2, -0.15) is 8.75 Å². The van der Waals surface area contributed by atoms with E-state index in [2.05, 4.69) is 18.8 Å². The first-order valence-electron chi connectivity index (χ1n) is 6.52. The second-order valence-corrected chi connectivity index (χ2v) is 7.30. The smallest absolute Gasteiger partial charge is 0.243 e. The third kappa shape index (κ3) is 3.35. The predicted molar refractivity (Wildman–Crippen MR) is 85.4 cm³/mol. The molecule has 1 aromatic heterocycles. The Kier molecular flexibility index (Phi) is 5.15. The Balaban J connectivity index is 0.00000161. The summed E-state index contributed by atoms with van der Waals surface area (Å²) in [4.78, 5) is 0.217. The SMILES string of the molecule is CC1CNCCC1NS(=O)(=O)c1cccc2nsnc12.Cl. The van der Waals surface area contributed by atoms with Crippen molar-refractivity contribution in [2.45, 2.75) is 24.3 Å². The van der Waals surface area contributed by atoms with Gasteiger partial charge in [0.05, 0.1) is 11.7 Å². The molecular weight excluding hydrogens is 332 g/mol. The van der Waals surface area contributed by atoms with Gasteiger partial charge in [0.25, 0.3) is 0 Å². The number of hydrogen-bond donors (Lipinski definition) is 2. The summed E-state index contributed by atoms with van der Waals surface area (Å²) in [7, 11) is -3.56. The molecule has 0 spiro atoms. The van der Waals surface area contributed by atoms with E-state index in [0.717, 1.165) is 31.2 Å². The highest BCUT2D eigenvalue weighted by atomic mass is 35.5. The Morgan fingerprint density at radius 2 is 2.19 bits per heavy atom. The molecule has 2 atom stereocenters. The predicted octanol–water partition coefficient (Wildman–Crippen LogP) is 1.39. The molecular formula is C12H17ClN4O2S2. The van der Waals surface area contributed by atoms with Crippen LogP contribution in [0.15, 0.2) is 23.1 Å². The van der Waals surface area contributed by atoms with Crippen LogP contribution in [0.2, 0.25) is 0 Å². The topological polar surface area (TPSA) is 84.0 Å². The van der Waals surface area contributed by atoms with E-state index >= 15 is 0 Å². The normalized spacial score (nSPS) is 22.9. The van der Waals surface area contributed by atoms with Crippen LogP contribution in [-0.4, -0.2) is 36.3 Å². The Hall–Kier alpha value is -0.800. The second-order valence-electron chi connectivity index (χ2n) is 5.09. The van der Waals surface area contributed by atoms with E-state index < -0.39 is 10.0 Å². The van der Waals surface area contributed by atoms with Crippen LogP contribution in [0.5, 0.6) is 0 Å². The van der Waals surface area contributed by atoms with Gasteiger partial charge in [-0.3, -0.25) is 0 Å². The number of aromatic nitrogens is 2. The summed E-state index contributed by atoms with van der Waals surface area (Å²) in [6.45, 7) is 3.71. The molecule has 2 unspecified atom stereocenters. The molecule has 9 heteroatoms. The van der Waals surface area contributed by atoms with Gasteiger partial charge < -0.3 is 5.32 Å². The highest BCUT2D eigenvalue weighted by Crippen LogP contribution is 2.22. The molecule has 1 aliphatic rings. The van der Waals surface area contributed by atoms with Crippen LogP contribution >= 0.6 is 24.1 Å². The fourth-order valence-corrected chi connectivity index (χ4v) is 4.60. The lowest BCUT2D eigenvalue weighted by Gasteiger charge is -2.29. The Morgan fingerprint density at radius 3 is 2.95 bits per heavy atom. The van der Waals surface area contributed by atoms with Crippen molar-refractivity contribution >= 4 is 45.2 Å². The number of hydrogen-bond acceptors (Lipinski definition) is 6. The molecule has 1 aromatic carbocycles. The number of halogens is 1. The minimum atomic E-state index is -3.56. The zero-order valence-corrected chi connectivity index (χ0v) is 13.9. The lowest BCUT2D eigenvalue weighted by atomic mass is 9.97. The number of sulfonamides is 1. The molecule has 0 aliphatic carbocycles. The van der Waals surface area contributed by atoms with Crippen molar-refractivity contribution in [1.29, 1.82) is 0 Å². The lowest BCUT2D eigenvalue weighted by molar-refractivity contribution is 0.328. The van der Waals surface area contributed by atoms with Crippen molar-refractivity contribution in [1.82, 2.24) is 18.8 Å². The summed E-state index contributed by atoms with van der Waals surface area (Å²) >= 11 is 1.03. The van der Waals surface area contributed by atoms with Crippen molar-refractivity contribution < 1.29 is 8.42 Å². The quantitative estimate of drug-likeness (QED) is 0.875. The fourth-order valence-electron chi connectivity index (χ4n) is 2.45. The zero-order valence-electron chi connectivity index (χ0n) is 11.4. The molecule has 3 rings (SSSR count). The standard InChI is InChI=1S/C12H16N4O2S2.ClH/c1-8-7-13-6-5-9(8)16-20(17,18)11-4-2-3-10-12(11)15-19-14-10;/h2-4,8-9,13,16H,5-7H2,1H3;1H. The van der Waals surface area contributed by atoms with E-state index in [-0.39, 0.29) is 29.3 Å². The number of piperidine rings is 1. The van der Waals surface area contributed by atoms with Crippen molar-refractivity contribution in [3.63, 3.8) is 0 Å². The highest BCUT2D eigenvalue weighted by Gasteiger charge is 2.28. The van der Waals surface area contributed by atoms with Crippen LogP contribution in [0.1, 0.15) is 13.3 Å². The summed E-state index contributed by atoms with van der Waals surface area (Å²) in [5, 5.41) is 3.26. The van der Waals surface area contributed by atoms with Crippen LogP contribution in [0.4, 0.5) is 0 Å². The number of nitrogens with zero attached hydrogens (tertiary/aromatic N) is 2. The van der Waals surface area contributed by atoms with E-state index in [1.165, 1.54) is 0 Å². The number of nitrogens with one attached hydrogen (secondary N) is 2. The maximum atomic E-state index is 12.6. The van der Waals surface area contributed by atoms with Gasteiger partial charge in [-0.05, 0) is 37.6 Å². The van der Waals surface area contributed by atoms with E-state index in [1.54, 1.807) is 18.2 Å². The zero-order chi connectivity index (χ0) is 14.2. The van der Waals surface area contributed by atoms with E-state index in [1.807, 2.05) is 6.92 Å². The van der Waals surface area contributed by atoms with Gasteiger partial charge in [-0.1, -0.05) is 13.0 Å². The molecule has 116 valence electrons. The van der Waals surface area contributed by atoms with Gasteiger partial charge in [0.15, 0.2) is 0 Å². The molecule has 0 saturated carbocycles. The summed E-state index contributed by atoms with van der Waals surface area (Å²) in [6.07, 6.45) is 0.797. The van der Waals surface area contributed by atoms with E-state index in [9.17, 15) is 8.42 Å². The van der Waals surface area contributed by atoms with Gasteiger partial charge in [0.2, 0.25) is 10.0 Å². The van der Waals surface area contributed by atoms with E-state index in [4.69, 9.17) is 0 Å². The summed E-state index contributed by atoms with van der Waals surface area (Å²) < 4.78 is 36.1. The fraction of sp³-hybridized carbons (Fsp3) is 0.500. The highest BCUT2D eigenvalue weighted by molar-refractivity contribution is 7.89. The van der Waals surface area contributed by atoms with Gasteiger partial charge in [-0.25, -0.2) is 13.1 Å². The minimum Gasteiger partial charge on any atom is -0.316 e. The minimum absolute atomic E-state index is 0. The van der Waals surface area contributed by atoms with Crippen LogP contribution < -0.4 is 10.0 Å². The maximum Gasteiger partial charge on any atom is 0.243 e. The summed E-state index contributed by atoms with van der Waals surface area (Å²) in [6, 6.07) is 5.01. The third-order valence-corrected chi connectivity index (χ3v) is 5.69. The van der Waals surface area contributed by atoms with Crippen LogP contribution in [-0.2, 0) is 10.0 Å². The maximum absolute atomic E-state index is 12.6. The summed E-state index contributed by atoms with van der Waals surface area (Å²) in [5.74, 6) is 0.270. The van der Waals surface area contributed by atoms with Crippen molar-refractivity contribution in [2.24, 2.45) is 5.92 Å². The first-order valence-corrected chi connectivity index (χ1v) is 8.73. The van der Waals surface area contributed by atoms with Crippen LogP contribution in [0.3, 0.4) is 0 Å². The average Bonchev–Trinajstić information content (AvgIpc) is 2.89. The van der Waals surface area contributed by atoms with Crippen LogP contribution in [0.25, 0.3) is 11.0 Å². The van der Waals surface area contributed by atoms with Gasteiger partial charge >= 0.3 is 0 Å². The van der Waals surface area contributed by atoms with Crippen molar-refractivity contribution in [3.8, 4) is 0 Å². The third-order valence-electron chi connectivity index (χ3n) is 3.63. The molecule has 0 amide bonds. The Labute approximate surface area is 134 Å². The largest absolute Gasteiger partial charge is 0.316 e. The lowest BCUT2D eigenvalue weighted by Crippen LogP contribution is -2.48. The van der Waals surface area contributed by atoms with Gasteiger partial charge in [0.1, 0.15) is 15.9 Å². The number of benzene rings is 1. The first-order chi connectivity index (χ1) is 9.58. The van der Waals surface area contributed by atoms with Crippen LogP contribution in [0, 0.1) is 5.92 Å². The monoisotopic (exact) mass is 348 g/mol. The number of rotatable bonds is 3. The molecule has 0 bridgehead atoms. The molecule has 1 fully saturated rings. The van der Waals surface area contributed by atoms with Crippen molar-refractivity contribution in [3.05, 3.63) is 18.2 Å². The molecule has 2 aromatic rings. The summed E-state index contributed by atoms with van der Waals surface area (Å²) in [5.41, 5.74) is 1.07. The molecule has 1 saturated heterocycles. The van der Waals surface area contributed by atoms with Gasteiger partial charge in [0, 0.05) is 6.04 Å².